The van der Waals surface area contributed by atoms with Gasteiger partial charge < -0.3 is 16.0 Å². The molecule has 4 N–H and O–H groups in total. The second kappa shape index (κ2) is 9.06. The predicted molar refractivity (Wildman–Crippen MR) is 113 cm³/mol. The van der Waals surface area contributed by atoms with Gasteiger partial charge in [0, 0.05) is 23.7 Å². The van der Waals surface area contributed by atoms with E-state index in [1.54, 1.807) is 6.07 Å². The van der Waals surface area contributed by atoms with Crippen molar-refractivity contribution in [2.24, 2.45) is 5.73 Å². The summed E-state index contributed by atoms with van der Waals surface area (Å²) in [5, 5.41) is 12.4. The standard InChI is InChI=1S/C23H28N4O2/c1-16-20(10-11-21(28)26-16)18-8-6-17(7-9-18)14-19(15-24)27-22(29)23(25)12-4-2-3-5-13-23/h6-11,19H,2-5,12-14,25H2,1H3,(H,26,28)(H,27,29). The number of amides is 1. The van der Waals surface area contributed by atoms with Crippen molar-refractivity contribution in [1.29, 1.82) is 5.26 Å². The molecule has 0 aliphatic heterocycles. The van der Waals surface area contributed by atoms with Crippen molar-refractivity contribution in [3.05, 3.63) is 58.0 Å². The minimum atomic E-state index is -0.864. The summed E-state index contributed by atoms with van der Waals surface area (Å²) >= 11 is 0. The molecule has 1 aromatic heterocycles. The molecule has 1 aromatic carbocycles. The summed E-state index contributed by atoms with van der Waals surface area (Å²) in [5.74, 6) is -0.216. The normalized spacial score (nSPS) is 17.0. The highest BCUT2D eigenvalue weighted by molar-refractivity contribution is 5.86. The van der Waals surface area contributed by atoms with Gasteiger partial charge in [0.05, 0.1) is 11.6 Å². The first-order chi connectivity index (χ1) is 13.9. The van der Waals surface area contributed by atoms with Gasteiger partial charge in [-0.1, -0.05) is 49.9 Å². The van der Waals surface area contributed by atoms with Crippen molar-refractivity contribution in [2.45, 2.75) is 63.5 Å². The number of pyridine rings is 1. The minimum absolute atomic E-state index is 0.123. The van der Waals surface area contributed by atoms with Gasteiger partial charge in [-0.25, -0.2) is 0 Å². The Morgan fingerprint density at radius 2 is 1.83 bits per heavy atom. The largest absolute Gasteiger partial charge is 0.338 e. The van der Waals surface area contributed by atoms with E-state index >= 15 is 0 Å². The van der Waals surface area contributed by atoms with Gasteiger partial charge in [-0.15, -0.1) is 0 Å². The molecule has 1 atom stereocenters. The number of H-pyrrole nitrogens is 1. The van der Waals surface area contributed by atoms with E-state index in [-0.39, 0.29) is 11.5 Å². The van der Waals surface area contributed by atoms with Gasteiger partial charge in [-0.05, 0) is 37.0 Å². The molecule has 1 fully saturated rings. The first-order valence-electron chi connectivity index (χ1n) is 10.2. The van der Waals surface area contributed by atoms with Crippen LogP contribution in [0, 0.1) is 18.3 Å². The maximum atomic E-state index is 12.7. The number of nitriles is 1. The number of nitrogens with two attached hydrogens (primary N) is 1. The number of carbonyl (C=O) groups is 1. The van der Waals surface area contributed by atoms with Gasteiger partial charge in [0.1, 0.15) is 6.04 Å². The minimum Gasteiger partial charge on any atom is -0.338 e. The second-order valence-corrected chi connectivity index (χ2v) is 7.99. The molecular formula is C23H28N4O2. The van der Waals surface area contributed by atoms with Crippen molar-refractivity contribution >= 4 is 5.91 Å². The average molecular weight is 393 g/mol. The Labute approximate surface area is 171 Å². The lowest BCUT2D eigenvalue weighted by Crippen LogP contribution is -2.56. The average Bonchev–Trinajstić information content (AvgIpc) is 2.94. The molecule has 152 valence electrons. The van der Waals surface area contributed by atoms with Gasteiger partial charge in [-0.2, -0.15) is 5.26 Å². The van der Waals surface area contributed by atoms with Crippen LogP contribution in [0.1, 0.15) is 49.8 Å². The summed E-state index contributed by atoms with van der Waals surface area (Å²) in [6.45, 7) is 1.86. The summed E-state index contributed by atoms with van der Waals surface area (Å²) in [6, 6.07) is 12.7. The summed E-state index contributed by atoms with van der Waals surface area (Å²) in [4.78, 5) is 26.9. The SMILES string of the molecule is Cc1[nH]c(=O)ccc1-c1ccc(CC(C#N)NC(=O)C2(N)CCCCCC2)cc1. The zero-order valence-electron chi connectivity index (χ0n) is 16.8. The molecule has 2 aromatic rings. The summed E-state index contributed by atoms with van der Waals surface area (Å²) in [7, 11) is 0. The first kappa shape index (κ1) is 20.8. The van der Waals surface area contributed by atoms with E-state index in [9.17, 15) is 14.9 Å². The van der Waals surface area contributed by atoms with Crippen LogP contribution in [0.2, 0.25) is 0 Å². The van der Waals surface area contributed by atoms with Crippen molar-refractivity contribution < 1.29 is 4.79 Å². The van der Waals surface area contributed by atoms with Crippen LogP contribution < -0.4 is 16.6 Å². The number of aryl methyl sites for hydroxylation is 1. The lowest BCUT2D eigenvalue weighted by molar-refractivity contribution is -0.127. The fraction of sp³-hybridized carbons (Fsp3) is 0.435. The number of hydrogen-bond donors (Lipinski definition) is 3. The van der Waals surface area contributed by atoms with Crippen LogP contribution in [0.3, 0.4) is 0 Å². The Morgan fingerprint density at radius 3 is 2.41 bits per heavy atom. The summed E-state index contributed by atoms with van der Waals surface area (Å²) in [5.41, 5.74) is 9.08. The first-order valence-corrected chi connectivity index (χ1v) is 10.2. The predicted octanol–water partition coefficient (Wildman–Crippen LogP) is 2.95. The highest BCUT2D eigenvalue weighted by Crippen LogP contribution is 2.25. The van der Waals surface area contributed by atoms with Gasteiger partial charge >= 0.3 is 0 Å². The van der Waals surface area contributed by atoms with Gasteiger partial charge in [0.2, 0.25) is 11.5 Å². The molecule has 1 amide bonds. The highest BCUT2D eigenvalue weighted by atomic mass is 16.2. The number of aromatic nitrogens is 1. The number of hydrogen-bond acceptors (Lipinski definition) is 4. The lowest BCUT2D eigenvalue weighted by atomic mass is 9.90. The van der Waals surface area contributed by atoms with E-state index in [2.05, 4.69) is 16.4 Å². The molecule has 1 unspecified atom stereocenters. The highest BCUT2D eigenvalue weighted by Gasteiger charge is 2.35. The smallest absolute Gasteiger partial charge is 0.248 e. The van der Waals surface area contributed by atoms with Gasteiger partial charge in [0.25, 0.3) is 0 Å². The third-order valence-corrected chi connectivity index (χ3v) is 5.73. The molecule has 0 saturated heterocycles. The summed E-state index contributed by atoms with van der Waals surface area (Å²) in [6.07, 6.45) is 5.88. The summed E-state index contributed by atoms with van der Waals surface area (Å²) < 4.78 is 0. The Hall–Kier alpha value is -2.91. The molecule has 3 rings (SSSR count). The maximum absolute atomic E-state index is 12.7. The lowest BCUT2D eigenvalue weighted by Gasteiger charge is -2.28. The van der Waals surface area contributed by atoms with E-state index < -0.39 is 11.6 Å². The van der Waals surface area contributed by atoms with Crippen molar-refractivity contribution in [1.82, 2.24) is 10.3 Å². The van der Waals surface area contributed by atoms with Crippen LogP contribution in [0.15, 0.2) is 41.2 Å². The Bertz CT molecular complexity index is 948. The van der Waals surface area contributed by atoms with Crippen molar-refractivity contribution in [3.63, 3.8) is 0 Å². The number of benzene rings is 1. The van der Waals surface area contributed by atoms with E-state index in [1.165, 1.54) is 6.07 Å². The Balaban J connectivity index is 1.67. The molecule has 1 saturated carbocycles. The van der Waals surface area contributed by atoms with Gasteiger partial charge in [-0.3, -0.25) is 9.59 Å². The molecule has 1 aliphatic carbocycles. The van der Waals surface area contributed by atoms with Crippen LogP contribution in [-0.4, -0.2) is 22.5 Å². The Kier molecular flexibility index (Phi) is 6.50. The molecule has 6 nitrogen and oxygen atoms in total. The fourth-order valence-corrected chi connectivity index (χ4v) is 3.96. The maximum Gasteiger partial charge on any atom is 0.248 e. The molecular weight excluding hydrogens is 364 g/mol. The molecule has 0 spiro atoms. The van der Waals surface area contributed by atoms with Crippen LogP contribution in [0.4, 0.5) is 0 Å². The molecule has 29 heavy (non-hydrogen) atoms. The van der Waals surface area contributed by atoms with Crippen LogP contribution in [0.25, 0.3) is 11.1 Å². The van der Waals surface area contributed by atoms with Crippen LogP contribution in [-0.2, 0) is 11.2 Å². The molecule has 0 bridgehead atoms. The van der Waals surface area contributed by atoms with E-state index in [0.29, 0.717) is 19.3 Å². The zero-order valence-corrected chi connectivity index (χ0v) is 16.8. The quantitative estimate of drug-likeness (QED) is 0.679. The topological polar surface area (TPSA) is 112 Å². The molecule has 6 heteroatoms. The molecule has 1 aliphatic rings. The van der Waals surface area contributed by atoms with Gasteiger partial charge in [0.15, 0.2) is 0 Å². The fourth-order valence-electron chi connectivity index (χ4n) is 3.96. The van der Waals surface area contributed by atoms with Crippen molar-refractivity contribution in [2.75, 3.05) is 0 Å². The zero-order chi connectivity index (χ0) is 20.9. The second-order valence-electron chi connectivity index (χ2n) is 7.99. The monoisotopic (exact) mass is 392 g/mol. The van der Waals surface area contributed by atoms with Crippen LogP contribution in [0.5, 0.6) is 0 Å². The number of carbonyl (C=O) groups excluding carboxylic acids is 1. The molecule has 0 radical (unpaired) electrons. The van der Waals surface area contributed by atoms with Crippen LogP contribution >= 0.6 is 0 Å². The number of nitrogens with one attached hydrogen (secondary N) is 2. The third-order valence-electron chi connectivity index (χ3n) is 5.73. The van der Waals surface area contributed by atoms with E-state index in [1.807, 2.05) is 31.2 Å². The molecule has 1 heterocycles. The third kappa shape index (κ3) is 5.12. The van der Waals surface area contributed by atoms with E-state index in [4.69, 9.17) is 5.73 Å². The van der Waals surface area contributed by atoms with E-state index in [0.717, 1.165) is 48.1 Å². The number of aromatic amines is 1. The Morgan fingerprint density at radius 1 is 1.17 bits per heavy atom. The number of nitrogens with zero attached hydrogens (tertiary/aromatic N) is 1. The van der Waals surface area contributed by atoms with Crippen molar-refractivity contribution in [3.8, 4) is 17.2 Å². The number of rotatable bonds is 5.